The Morgan fingerprint density at radius 1 is 1.33 bits per heavy atom. The maximum atomic E-state index is 5.77. The van der Waals surface area contributed by atoms with E-state index in [1.807, 2.05) is 12.3 Å². The predicted molar refractivity (Wildman–Crippen MR) is 86.4 cm³/mol. The summed E-state index contributed by atoms with van der Waals surface area (Å²) in [6, 6.07) is 11.0. The van der Waals surface area contributed by atoms with Crippen molar-refractivity contribution in [2.24, 2.45) is 5.92 Å². The summed E-state index contributed by atoms with van der Waals surface area (Å²) in [5.41, 5.74) is 2.46. The van der Waals surface area contributed by atoms with E-state index in [0.717, 1.165) is 31.5 Å². The Morgan fingerprint density at radius 3 is 2.95 bits per heavy atom. The zero-order valence-electron chi connectivity index (χ0n) is 12.9. The monoisotopic (exact) mass is 284 g/mol. The highest BCUT2D eigenvalue weighted by molar-refractivity contribution is 5.81. The number of nitrogens with zero attached hydrogens (tertiary/aromatic N) is 1. The number of nitrogens with one attached hydrogen (secondary N) is 1. The summed E-state index contributed by atoms with van der Waals surface area (Å²) in [5.74, 6) is 0.594. The molecule has 3 nitrogen and oxygen atoms in total. The molecule has 1 aromatic carbocycles. The van der Waals surface area contributed by atoms with E-state index in [9.17, 15) is 0 Å². The van der Waals surface area contributed by atoms with Crippen molar-refractivity contribution in [1.29, 1.82) is 0 Å². The average molecular weight is 284 g/mol. The van der Waals surface area contributed by atoms with E-state index in [2.05, 4.69) is 48.4 Å². The Morgan fingerprint density at radius 2 is 2.19 bits per heavy atom. The van der Waals surface area contributed by atoms with Crippen molar-refractivity contribution in [3.8, 4) is 0 Å². The molecule has 112 valence electrons. The van der Waals surface area contributed by atoms with Crippen molar-refractivity contribution in [2.75, 3.05) is 13.2 Å². The molecule has 3 rings (SSSR count). The molecule has 1 aliphatic heterocycles. The number of para-hydroxylation sites is 1. The van der Waals surface area contributed by atoms with Crippen molar-refractivity contribution in [3.63, 3.8) is 0 Å². The summed E-state index contributed by atoms with van der Waals surface area (Å²) in [6.45, 7) is 6.27. The second kappa shape index (κ2) is 6.54. The van der Waals surface area contributed by atoms with Gasteiger partial charge in [-0.1, -0.05) is 25.1 Å². The zero-order chi connectivity index (χ0) is 14.7. The average Bonchev–Trinajstić information content (AvgIpc) is 2.93. The largest absolute Gasteiger partial charge is 0.378 e. The summed E-state index contributed by atoms with van der Waals surface area (Å²) >= 11 is 0. The van der Waals surface area contributed by atoms with Crippen LogP contribution in [-0.2, 0) is 11.2 Å². The number of rotatable bonds is 5. The van der Waals surface area contributed by atoms with E-state index in [0.29, 0.717) is 18.1 Å². The van der Waals surface area contributed by atoms with Crippen LogP contribution in [0, 0.1) is 5.92 Å². The molecule has 3 atom stereocenters. The van der Waals surface area contributed by atoms with E-state index < -0.39 is 0 Å². The summed E-state index contributed by atoms with van der Waals surface area (Å²) in [6.07, 6.45) is 4.47. The number of hydrogen-bond acceptors (Lipinski definition) is 3. The Labute approximate surface area is 126 Å². The molecule has 0 spiro atoms. The first kappa shape index (κ1) is 14.5. The Bertz CT molecular complexity index is 593. The van der Waals surface area contributed by atoms with Gasteiger partial charge in [-0.25, -0.2) is 0 Å². The van der Waals surface area contributed by atoms with Gasteiger partial charge in [0.25, 0.3) is 0 Å². The number of aromatic nitrogens is 1. The first-order chi connectivity index (χ1) is 10.3. The second-order valence-electron chi connectivity index (χ2n) is 5.88. The lowest BCUT2D eigenvalue weighted by Crippen LogP contribution is -2.40. The van der Waals surface area contributed by atoms with Crippen molar-refractivity contribution >= 4 is 10.9 Å². The highest BCUT2D eigenvalue weighted by Crippen LogP contribution is 2.27. The molecular weight excluding hydrogens is 260 g/mol. The third kappa shape index (κ3) is 3.09. The van der Waals surface area contributed by atoms with Crippen LogP contribution in [0.15, 0.2) is 36.5 Å². The molecule has 3 unspecified atom stereocenters. The summed E-state index contributed by atoms with van der Waals surface area (Å²) in [4.78, 5) is 4.46. The maximum absolute atomic E-state index is 5.77. The Kier molecular flexibility index (Phi) is 4.51. The van der Waals surface area contributed by atoms with Gasteiger partial charge in [-0.2, -0.15) is 0 Å². The fourth-order valence-electron chi connectivity index (χ4n) is 3.48. The summed E-state index contributed by atoms with van der Waals surface area (Å²) in [5, 5.41) is 4.94. The lowest BCUT2D eigenvalue weighted by molar-refractivity contribution is 0.0956. The van der Waals surface area contributed by atoms with Gasteiger partial charge >= 0.3 is 0 Å². The first-order valence-corrected chi connectivity index (χ1v) is 7.97. The van der Waals surface area contributed by atoms with Gasteiger partial charge in [-0.15, -0.1) is 0 Å². The molecular formula is C18H24N2O. The van der Waals surface area contributed by atoms with Gasteiger partial charge < -0.3 is 10.1 Å². The minimum Gasteiger partial charge on any atom is -0.378 e. The molecule has 2 aromatic rings. The van der Waals surface area contributed by atoms with Crippen LogP contribution in [0.3, 0.4) is 0 Å². The molecule has 1 saturated heterocycles. The highest BCUT2D eigenvalue weighted by Gasteiger charge is 2.31. The van der Waals surface area contributed by atoms with Crippen LogP contribution in [0.5, 0.6) is 0 Å². The predicted octanol–water partition coefficient (Wildman–Crippen LogP) is 3.18. The SMILES string of the molecule is CCNC(Cc1ccnc2ccccc12)C1CCOC1C. The van der Waals surface area contributed by atoms with Crippen LogP contribution in [-0.4, -0.2) is 30.3 Å². The quantitative estimate of drug-likeness (QED) is 0.915. The summed E-state index contributed by atoms with van der Waals surface area (Å²) < 4.78 is 5.77. The topological polar surface area (TPSA) is 34.2 Å². The van der Waals surface area contributed by atoms with E-state index in [-0.39, 0.29) is 0 Å². The summed E-state index contributed by atoms with van der Waals surface area (Å²) in [7, 11) is 0. The zero-order valence-corrected chi connectivity index (χ0v) is 12.9. The van der Waals surface area contributed by atoms with Crippen LogP contribution < -0.4 is 5.32 Å². The van der Waals surface area contributed by atoms with Crippen molar-refractivity contribution in [2.45, 2.75) is 38.8 Å². The van der Waals surface area contributed by atoms with E-state index in [1.165, 1.54) is 10.9 Å². The lowest BCUT2D eigenvalue weighted by Gasteiger charge is -2.27. The molecule has 0 radical (unpaired) electrons. The minimum atomic E-state index is 0.349. The van der Waals surface area contributed by atoms with Gasteiger partial charge in [0, 0.05) is 30.1 Å². The molecule has 0 saturated carbocycles. The van der Waals surface area contributed by atoms with Gasteiger partial charge in [-0.05, 0) is 44.0 Å². The molecule has 1 aliphatic rings. The highest BCUT2D eigenvalue weighted by atomic mass is 16.5. The number of hydrogen-bond donors (Lipinski definition) is 1. The normalized spacial score (nSPS) is 23.5. The Hall–Kier alpha value is -1.45. The van der Waals surface area contributed by atoms with Crippen LogP contribution in [0.25, 0.3) is 10.9 Å². The molecule has 1 aromatic heterocycles. The molecule has 2 heterocycles. The van der Waals surface area contributed by atoms with Crippen LogP contribution in [0.1, 0.15) is 25.8 Å². The van der Waals surface area contributed by atoms with Gasteiger partial charge in [0.15, 0.2) is 0 Å². The van der Waals surface area contributed by atoms with Gasteiger partial charge in [0.2, 0.25) is 0 Å². The smallest absolute Gasteiger partial charge is 0.0704 e. The second-order valence-corrected chi connectivity index (χ2v) is 5.88. The minimum absolute atomic E-state index is 0.349. The molecule has 0 bridgehead atoms. The molecule has 0 aliphatic carbocycles. The standard InChI is InChI=1S/C18H24N2O/c1-3-19-18(15-9-11-21-13(15)2)12-14-8-10-20-17-7-5-4-6-16(14)17/h4-8,10,13,15,18-19H,3,9,11-12H2,1-2H3. The first-order valence-electron chi connectivity index (χ1n) is 7.97. The number of ether oxygens (including phenoxy) is 1. The maximum Gasteiger partial charge on any atom is 0.0704 e. The van der Waals surface area contributed by atoms with E-state index in [4.69, 9.17) is 4.74 Å². The number of fused-ring (bicyclic) bond motifs is 1. The van der Waals surface area contributed by atoms with Crippen molar-refractivity contribution in [1.82, 2.24) is 10.3 Å². The third-order valence-corrected chi connectivity index (χ3v) is 4.60. The third-order valence-electron chi connectivity index (χ3n) is 4.60. The number of pyridine rings is 1. The van der Waals surface area contributed by atoms with Gasteiger partial charge in [0.05, 0.1) is 11.6 Å². The molecule has 1 fully saturated rings. The van der Waals surface area contributed by atoms with Crippen LogP contribution in [0.2, 0.25) is 0 Å². The lowest BCUT2D eigenvalue weighted by atomic mass is 9.88. The van der Waals surface area contributed by atoms with Gasteiger partial charge in [0.1, 0.15) is 0 Å². The number of benzene rings is 1. The molecule has 21 heavy (non-hydrogen) atoms. The van der Waals surface area contributed by atoms with E-state index in [1.54, 1.807) is 0 Å². The molecule has 3 heteroatoms. The van der Waals surface area contributed by atoms with Crippen LogP contribution in [0.4, 0.5) is 0 Å². The molecule has 0 amide bonds. The van der Waals surface area contributed by atoms with Crippen molar-refractivity contribution in [3.05, 3.63) is 42.1 Å². The Balaban J connectivity index is 1.87. The van der Waals surface area contributed by atoms with Gasteiger partial charge in [-0.3, -0.25) is 4.98 Å². The fraction of sp³-hybridized carbons (Fsp3) is 0.500. The number of likely N-dealkylation sites (N-methyl/N-ethyl adjacent to an activating group) is 1. The van der Waals surface area contributed by atoms with Crippen molar-refractivity contribution < 1.29 is 4.74 Å². The van der Waals surface area contributed by atoms with E-state index >= 15 is 0 Å². The molecule has 1 N–H and O–H groups in total. The van der Waals surface area contributed by atoms with Crippen LogP contribution >= 0.6 is 0 Å². The fourth-order valence-corrected chi connectivity index (χ4v) is 3.48.